The molecule has 21 heavy (non-hydrogen) atoms. The van der Waals surface area contributed by atoms with Crippen molar-refractivity contribution in [2.24, 2.45) is 11.3 Å². The van der Waals surface area contributed by atoms with Crippen LogP contribution < -0.4 is 0 Å². The van der Waals surface area contributed by atoms with Gasteiger partial charge in [0.15, 0.2) is 0 Å². The minimum atomic E-state index is -0.0486. The van der Waals surface area contributed by atoms with E-state index in [1.165, 1.54) is 0 Å². The van der Waals surface area contributed by atoms with E-state index in [0.29, 0.717) is 25.7 Å². The summed E-state index contributed by atoms with van der Waals surface area (Å²) in [6.45, 7) is 19.0. The zero-order chi connectivity index (χ0) is 15.8. The van der Waals surface area contributed by atoms with E-state index >= 15 is 0 Å². The highest BCUT2D eigenvalue weighted by Crippen LogP contribution is 2.30. The molecule has 0 heterocycles. The van der Waals surface area contributed by atoms with E-state index in [9.17, 15) is 0 Å². The van der Waals surface area contributed by atoms with E-state index in [2.05, 4.69) is 55.4 Å². The summed E-state index contributed by atoms with van der Waals surface area (Å²) >= 11 is 0. The Kier molecular flexibility index (Phi) is 12.6. The molecule has 0 aromatic heterocycles. The number of hydrogen-bond donors (Lipinski definition) is 0. The monoisotopic (exact) mass is 304 g/mol. The van der Waals surface area contributed by atoms with Gasteiger partial charge in [0.2, 0.25) is 0 Å². The predicted octanol–water partition coefficient (Wildman–Crippen LogP) is 4.93. The third kappa shape index (κ3) is 12.1. The van der Waals surface area contributed by atoms with Gasteiger partial charge in [-0.3, -0.25) is 0 Å². The Balaban J connectivity index is 0. The molecule has 0 spiro atoms. The van der Waals surface area contributed by atoms with Crippen LogP contribution in [-0.4, -0.2) is 38.1 Å². The van der Waals surface area contributed by atoms with Crippen LogP contribution in [0.15, 0.2) is 0 Å². The molecule has 0 aromatic rings. The highest BCUT2D eigenvalue weighted by molar-refractivity contribution is 4.81. The molecular formula is C18H40O3. The van der Waals surface area contributed by atoms with Crippen molar-refractivity contribution in [3.63, 3.8) is 0 Å². The fourth-order valence-corrected chi connectivity index (χ4v) is 2.20. The molecule has 0 aliphatic heterocycles. The molecular weight excluding hydrogens is 264 g/mol. The van der Waals surface area contributed by atoms with Gasteiger partial charge in [0, 0.05) is 5.41 Å². The second-order valence-electron chi connectivity index (χ2n) is 7.18. The molecule has 0 saturated heterocycles. The van der Waals surface area contributed by atoms with Crippen molar-refractivity contribution in [2.45, 2.75) is 87.5 Å². The average molecular weight is 305 g/mol. The molecule has 0 aliphatic carbocycles. The second kappa shape index (κ2) is 11.4. The maximum absolute atomic E-state index is 5.91. The minimum Gasteiger partial charge on any atom is -0.378 e. The van der Waals surface area contributed by atoms with Crippen LogP contribution in [0.4, 0.5) is 0 Å². The molecule has 0 fully saturated rings. The number of hydrogen-bond acceptors (Lipinski definition) is 3. The van der Waals surface area contributed by atoms with Crippen molar-refractivity contribution >= 4 is 0 Å². The van der Waals surface area contributed by atoms with Crippen LogP contribution in [-0.2, 0) is 14.2 Å². The number of rotatable bonds is 11. The van der Waals surface area contributed by atoms with Crippen LogP contribution in [0.2, 0.25) is 0 Å². The van der Waals surface area contributed by atoms with E-state index in [-0.39, 0.29) is 31.2 Å². The van der Waals surface area contributed by atoms with Crippen LogP contribution in [0.3, 0.4) is 0 Å². The lowest BCUT2D eigenvalue weighted by Gasteiger charge is -2.36. The van der Waals surface area contributed by atoms with Crippen LogP contribution in [0.5, 0.6) is 0 Å². The highest BCUT2D eigenvalue weighted by atomic mass is 16.5. The second-order valence-corrected chi connectivity index (χ2v) is 7.18. The Bertz CT molecular complexity index is 203. The van der Waals surface area contributed by atoms with E-state index in [4.69, 9.17) is 14.2 Å². The number of ether oxygens (including phenoxy) is 3. The van der Waals surface area contributed by atoms with E-state index in [0.717, 1.165) is 6.42 Å². The summed E-state index contributed by atoms with van der Waals surface area (Å²) in [5.74, 6) is 0.595. The van der Waals surface area contributed by atoms with E-state index in [1.54, 1.807) is 0 Å². The normalized spacial score (nSPS) is 12.6. The SMILES string of the molecule is C.CC(C)CC(COC(C)C)(COC(C)C)COC(C)C. The molecule has 3 nitrogen and oxygen atoms in total. The Morgan fingerprint density at radius 2 is 0.905 bits per heavy atom. The van der Waals surface area contributed by atoms with Crippen molar-refractivity contribution < 1.29 is 14.2 Å². The summed E-state index contributed by atoms with van der Waals surface area (Å²) in [4.78, 5) is 0. The lowest BCUT2D eigenvalue weighted by Crippen LogP contribution is -2.40. The Morgan fingerprint density at radius 3 is 1.10 bits per heavy atom. The van der Waals surface area contributed by atoms with Gasteiger partial charge in [-0.2, -0.15) is 0 Å². The van der Waals surface area contributed by atoms with Gasteiger partial charge in [0.1, 0.15) is 0 Å². The Labute approximate surface area is 133 Å². The molecule has 0 radical (unpaired) electrons. The van der Waals surface area contributed by atoms with Gasteiger partial charge in [-0.25, -0.2) is 0 Å². The molecule has 130 valence electrons. The molecule has 0 atom stereocenters. The van der Waals surface area contributed by atoms with Crippen LogP contribution in [0, 0.1) is 11.3 Å². The van der Waals surface area contributed by atoms with Gasteiger partial charge in [-0.05, 0) is 53.9 Å². The smallest absolute Gasteiger partial charge is 0.0570 e. The zero-order valence-electron chi connectivity index (χ0n) is 14.9. The fraction of sp³-hybridized carbons (Fsp3) is 1.00. The lowest BCUT2D eigenvalue weighted by atomic mass is 9.82. The third-order valence-corrected chi connectivity index (χ3v) is 3.01. The summed E-state index contributed by atoms with van der Waals surface area (Å²) in [5.41, 5.74) is -0.0486. The lowest BCUT2D eigenvalue weighted by molar-refractivity contribution is -0.108. The first-order valence-electron chi connectivity index (χ1n) is 8.01. The molecule has 0 unspecified atom stereocenters. The summed E-state index contributed by atoms with van der Waals surface area (Å²) in [7, 11) is 0. The predicted molar refractivity (Wildman–Crippen MR) is 91.9 cm³/mol. The largest absolute Gasteiger partial charge is 0.378 e. The van der Waals surface area contributed by atoms with Gasteiger partial charge >= 0.3 is 0 Å². The molecule has 0 N–H and O–H groups in total. The van der Waals surface area contributed by atoms with Gasteiger partial charge < -0.3 is 14.2 Å². The van der Waals surface area contributed by atoms with Crippen molar-refractivity contribution in [3.05, 3.63) is 0 Å². The Hall–Kier alpha value is -0.120. The fourth-order valence-electron chi connectivity index (χ4n) is 2.20. The van der Waals surface area contributed by atoms with Crippen LogP contribution in [0.25, 0.3) is 0 Å². The van der Waals surface area contributed by atoms with Gasteiger partial charge in [0.25, 0.3) is 0 Å². The molecule has 0 amide bonds. The van der Waals surface area contributed by atoms with Crippen LogP contribution >= 0.6 is 0 Å². The van der Waals surface area contributed by atoms with Gasteiger partial charge in [0.05, 0.1) is 38.1 Å². The average Bonchev–Trinajstić information content (AvgIpc) is 2.30. The molecule has 0 aromatic carbocycles. The summed E-state index contributed by atoms with van der Waals surface area (Å²) in [5, 5.41) is 0. The standard InChI is InChI=1S/C17H36O3.CH4/c1-13(2)9-17(10-18-14(3)4,11-19-15(5)6)12-20-16(7)8;/h13-16H,9-12H2,1-8H3;1H4. The maximum Gasteiger partial charge on any atom is 0.0570 e. The summed E-state index contributed by atoms with van der Waals surface area (Å²) < 4.78 is 17.7. The topological polar surface area (TPSA) is 27.7 Å². The van der Waals surface area contributed by atoms with Crippen molar-refractivity contribution in [1.29, 1.82) is 0 Å². The first-order chi connectivity index (χ1) is 9.17. The molecule has 0 saturated carbocycles. The Morgan fingerprint density at radius 1 is 0.619 bits per heavy atom. The summed E-state index contributed by atoms with van der Waals surface area (Å²) in [6.07, 6.45) is 1.76. The highest BCUT2D eigenvalue weighted by Gasteiger charge is 2.33. The van der Waals surface area contributed by atoms with Crippen molar-refractivity contribution in [1.82, 2.24) is 0 Å². The van der Waals surface area contributed by atoms with E-state index < -0.39 is 0 Å². The molecule has 0 rings (SSSR count). The maximum atomic E-state index is 5.91. The van der Waals surface area contributed by atoms with Gasteiger partial charge in [-0.15, -0.1) is 0 Å². The molecule has 3 heteroatoms. The van der Waals surface area contributed by atoms with Crippen molar-refractivity contribution in [3.8, 4) is 0 Å². The third-order valence-electron chi connectivity index (χ3n) is 3.01. The van der Waals surface area contributed by atoms with E-state index in [1.807, 2.05) is 0 Å². The quantitative estimate of drug-likeness (QED) is 0.541. The van der Waals surface area contributed by atoms with Crippen molar-refractivity contribution in [2.75, 3.05) is 19.8 Å². The first kappa shape index (κ1) is 23.2. The van der Waals surface area contributed by atoms with Gasteiger partial charge in [-0.1, -0.05) is 21.3 Å². The minimum absolute atomic E-state index is 0. The summed E-state index contributed by atoms with van der Waals surface area (Å²) in [6, 6.07) is 0. The first-order valence-corrected chi connectivity index (χ1v) is 8.01. The zero-order valence-corrected chi connectivity index (χ0v) is 14.9. The molecule has 0 aliphatic rings. The van der Waals surface area contributed by atoms with Crippen LogP contribution in [0.1, 0.15) is 69.2 Å². The molecule has 0 bridgehead atoms.